The molecule has 0 aliphatic carbocycles. The Labute approximate surface area is 92.1 Å². The van der Waals surface area contributed by atoms with Crippen molar-refractivity contribution < 1.29 is 4.74 Å². The van der Waals surface area contributed by atoms with E-state index in [1.54, 1.807) is 18.4 Å². The summed E-state index contributed by atoms with van der Waals surface area (Å²) in [6, 6.07) is 2.06. The largest absolute Gasteiger partial charge is 0.383 e. The number of nitrogens with two attached hydrogens (primary N) is 1. The number of hydrogen-bond acceptors (Lipinski definition) is 5. The second-order valence-corrected chi connectivity index (χ2v) is 4.36. The number of nitrogen functional groups attached to an aromatic ring is 1. The van der Waals surface area contributed by atoms with Crippen LogP contribution in [0.25, 0.3) is 10.2 Å². The van der Waals surface area contributed by atoms with Crippen LogP contribution in [0, 0.1) is 0 Å². The van der Waals surface area contributed by atoms with Crippen molar-refractivity contribution in [2.24, 2.45) is 0 Å². The molecule has 2 rings (SSSR count). The molecule has 0 radical (unpaired) electrons. The fraction of sp³-hybridized carbons (Fsp3) is 0.400. The Kier molecular flexibility index (Phi) is 2.83. The minimum atomic E-state index is 0.402. The highest BCUT2D eigenvalue weighted by atomic mass is 32.1. The van der Waals surface area contributed by atoms with Crippen molar-refractivity contribution in [1.82, 2.24) is 9.97 Å². The van der Waals surface area contributed by atoms with Gasteiger partial charge in [-0.1, -0.05) is 6.92 Å². The van der Waals surface area contributed by atoms with Gasteiger partial charge in [-0.05, 0) is 12.5 Å². The summed E-state index contributed by atoms with van der Waals surface area (Å²) in [5.41, 5.74) is 5.86. The van der Waals surface area contributed by atoms with Gasteiger partial charge in [-0.15, -0.1) is 11.3 Å². The Bertz CT molecular complexity index is 481. The normalized spacial score (nSPS) is 11.1. The standard InChI is InChI=1S/C10H13N3OS/c1-3-6-4-7-9(11)12-8(5-14-2)13-10(7)15-6/h4H,3,5H2,1-2H3,(H2,11,12,13). The van der Waals surface area contributed by atoms with Gasteiger partial charge in [0.05, 0.1) is 5.39 Å². The summed E-state index contributed by atoms with van der Waals surface area (Å²) in [4.78, 5) is 10.8. The fourth-order valence-corrected chi connectivity index (χ4v) is 2.40. The molecule has 0 spiro atoms. The van der Waals surface area contributed by atoms with Gasteiger partial charge in [0.2, 0.25) is 0 Å². The van der Waals surface area contributed by atoms with Gasteiger partial charge in [-0.25, -0.2) is 9.97 Å². The number of fused-ring (bicyclic) bond motifs is 1. The summed E-state index contributed by atoms with van der Waals surface area (Å²) < 4.78 is 4.99. The predicted molar refractivity (Wildman–Crippen MR) is 61.9 cm³/mol. The molecule has 0 saturated carbocycles. The first-order chi connectivity index (χ1) is 7.24. The number of hydrogen-bond donors (Lipinski definition) is 1. The van der Waals surface area contributed by atoms with Crippen LogP contribution in [-0.2, 0) is 17.8 Å². The van der Waals surface area contributed by atoms with Crippen LogP contribution in [0.1, 0.15) is 17.6 Å². The first kappa shape index (κ1) is 10.3. The lowest BCUT2D eigenvalue weighted by molar-refractivity contribution is 0.178. The van der Waals surface area contributed by atoms with Gasteiger partial charge in [0.15, 0.2) is 5.82 Å². The molecule has 80 valence electrons. The van der Waals surface area contributed by atoms with Crippen molar-refractivity contribution >= 4 is 27.4 Å². The summed E-state index contributed by atoms with van der Waals surface area (Å²) in [5.74, 6) is 1.19. The topological polar surface area (TPSA) is 61.0 Å². The first-order valence-corrected chi connectivity index (χ1v) is 5.60. The summed E-state index contributed by atoms with van der Waals surface area (Å²) >= 11 is 1.66. The molecule has 0 aliphatic heterocycles. The van der Waals surface area contributed by atoms with E-state index in [9.17, 15) is 0 Å². The molecule has 0 atom stereocenters. The molecule has 0 saturated heterocycles. The van der Waals surface area contributed by atoms with Crippen LogP contribution in [0.3, 0.4) is 0 Å². The minimum absolute atomic E-state index is 0.402. The van der Waals surface area contributed by atoms with Gasteiger partial charge in [0.25, 0.3) is 0 Å². The van der Waals surface area contributed by atoms with E-state index >= 15 is 0 Å². The van der Waals surface area contributed by atoms with Crippen LogP contribution in [0.2, 0.25) is 0 Å². The Morgan fingerprint density at radius 2 is 2.27 bits per heavy atom. The maximum absolute atomic E-state index is 5.86. The van der Waals surface area contributed by atoms with E-state index in [-0.39, 0.29) is 0 Å². The third-order valence-electron chi connectivity index (χ3n) is 2.14. The number of ether oxygens (including phenoxy) is 1. The predicted octanol–water partition coefficient (Wildman–Crippen LogP) is 1.98. The van der Waals surface area contributed by atoms with Gasteiger partial charge < -0.3 is 10.5 Å². The van der Waals surface area contributed by atoms with Crippen LogP contribution < -0.4 is 5.73 Å². The Morgan fingerprint density at radius 3 is 2.93 bits per heavy atom. The highest BCUT2D eigenvalue weighted by molar-refractivity contribution is 7.18. The average Bonchev–Trinajstić information content (AvgIpc) is 2.62. The lowest BCUT2D eigenvalue weighted by Crippen LogP contribution is -2.00. The number of aromatic nitrogens is 2. The number of thiophene rings is 1. The smallest absolute Gasteiger partial charge is 0.158 e. The Hall–Kier alpha value is -1.20. The van der Waals surface area contributed by atoms with E-state index in [1.807, 2.05) is 0 Å². The third-order valence-corrected chi connectivity index (χ3v) is 3.31. The minimum Gasteiger partial charge on any atom is -0.383 e. The van der Waals surface area contributed by atoms with Gasteiger partial charge in [0.1, 0.15) is 17.3 Å². The van der Waals surface area contributed by atoms with Crippen LogP contribution in [0.4, 0.5) is 5.82 Å². The second-order valence-electron chi connectivity index (χ2n) is 3.24. The monoisotopic (exact) mass is 223 g/mol. The van der Waals surface area contributed by atoms with Crippen LogP contribution in [-0.4, -0.2) is 17.1 Å². The molecule has 0 unspecified atom stereocenters. The number of nitrogens with zero attached hydrogens (tertiary/aromatic N) is 2. The molecule has 15 heavy (non-hydrogen) atoms. The van der Waals surface area contributed by atoms with E-state index in [0.29, 0.717) is 18.2 Å². The molecular weight excluding hydrogens is 210 g/mol. The fourth-order valence-electron chi connectivity index (χ4n) is 1.41. The van der Waals surface area contributed by atoms with Gasteiger partial charge >= 0.3 is 0 Å². The molecule has 2 heterocycles. The quantitative estimate of drug-likeness (QED) is 0.864. The molecule has 0 amide bonds. The molecule has 4 nitrogen and oxygen atoms in total. The SMILES string of the molecule is CCc1cc2c(N)nc(COC)nc2s1. The van der Waals surface area contributed by atoms with Crippen molar-refractivity contribution in [3.63, 3.8) is 0 Å². The molecule has 2 aromatic heterocycles. The molecule has 2 N–H and O–H groups in total. The molecule has 2 aromatic rings. The number of rotatable bonds is 3. The van der Waals surface area contributed by atoms with Crippen molar-refractivity contribution in [3.8, 4) is 0 Å². The van der Waals surface area contributed by atoms with E-state index in [1.165, 1.54) is 4.88 Å². The molecule has 5 heteroatoms. The van der Waals surface area contributed by atoms with Crippen molar-refractivity contribution in [3.05, 3.63) is 16.8 Å². The van der Waals surface area contributed by atoms with Gasteiger partial charge in [-0.3, -0.25) is 0 Å². The highest BCUT2D eigenvalue weighted by Gasteiger charge is 2.08. The molecule has 0 aliphatic rings. The Morgan fingerprint density at radius 1 is 1.47 bits per heavy atom. The zero-order chi connectivity index (χ0) is 10.8. The number of aryl methyl sites for hydroxylation is 1. The van der Waals surface area contributed by atoms with Crippen molar-refractivity contribution in [1.29, 1.82) is 0 Å². The van der Waals surface area contributed by atoms with Crippen LogP contribution >= 0.6 is 11.3 Å². The van der Waals surface area contributed by atoms with Crippen LogP contribution in [0.15, 0.2) is 6.07 Å². The lowest BCUT2D eigenvalue weighted by Gasteiger charge is -2.00. The number of methoxy groups -OCH3 is 1. The maximum Gasteiger partial charge on any atom is 0.158 e. The molecule has 0 bridgehead atoms. The Balaban J connectivity index is 2.54. The van der Waals surface area contributed by atoms with Crippen molar-refractivity contribution in [2.75, 3.05) is 12.8 Å². The summed E-state index contributed by atoms with van der Waals surface area (Å²) in [7, 11) is 1.62. The van der Waals surface area contributed by atoms with Gasteiger partial charge in [0, 0.05) is 12.0 Å². The summed E-state index contributed by atoms with van der Waals surface area (Å²) in [6.07, 6.45) is 1.00. The molecule has 0 fully saturated rings. The zero-order valence-electron chi connectivity index (χ0n) is 8.78. The van der Waals surface area contributed by atoms with E-state index in [0.717, 1.165) is 16.6 Å². The zero-order valence-corrected chi connectivity index (χ0v) is 9.60. The highest BCUT2D eigenvalue weighted by Crippen LogP contribution is 2.27. The third kappa shape index (κ3) is 1.93. The average molecular weight is 223 g/mol. The summed E-state index contributed by atoms with van der Waals surface area (Å²) in [6.45, 7) is 2.52. The van der Waals surface area contributed by atoms with E-state index in [4.69, 9.17) is 10.5 Å². The van der Waals surface area contributed by atoms with Crippen LogP contribution in [0.5, 0.6) is 0 Å². The first-order valence-electron chi connectivity index (χ1n) is 4.78. The van der Waals surface area contributed by atoms with Crippen molar-refractivity contribution in [2.45, 2.75) is 20.0 Å². The lowest BCUT2D eigenvalue weighted by atomic mass is 10.3. The van der Waals surface area contributed by atoms with Gasteiger partial charge in [-0.2, -0.15) is 0 Å². The molecule has 0 aromatic carbocycles. The maximum atomic E-state index is 5.86. The number of anilines is 1. The molecular formula is C10H13N3OS. The van der Waals surface area contributed by atoms with E-state index in [2.05, 4.69) is 23.0 Å². The summed E-state index contributed by atoms with van der Waals surface area (Å²) in [5, 5.41) is 0.955. The second kappa shape index (κ2) is 4.12. The van der Waals surface area contributed by atoms with E-state index < -0.39 is 0 Å².